The minimum Gasteiger partial charge on any atom is -0.486 e. The first-order chi connectivity index (χ1) is 16.4. The number of piperidine rings is 1. The Kier molecular flexibility index (Phi) is 7.95. The number of carbonyl (C=O) groups excluding carboxylic acids is 1. The van der Waals surface area contributed by atoms with Gasteiger partial charge in [0, 0.05) is 30.4 Å². The second kappa shape index (κ2) is 11.1. The van der Waals surface area contributed by atoms with Gasteiger partial charge in [-0.05, 0) is 81.1 Å². The first kappa shape index (κ1) is 24.3. The number of amides is 1. The van der Waals surface area contributed by atoms with E-state index in [-0.39, 0.29) is 10.8 Å². The van der Waals surface area contributed by atoms with E-state index >= 15 is 0 Å². The predicted molar refractivity (Wildman–Crippen MR) is 131 cm³/mol. The smallest absolute Gasteiger partial charge is 0.262 e. The summed E-state index contributed by atoms with van der Waals surface area (Å²) in [7, 11) is -3.80. The van der Waals surface area contributed by atoms with E-state index in [1.807, 2.05) is 0 Å². The molecule has 0 saturated carbocycles. The van der Waals surface area contributed by atoms with Crippen molar-refractivity contribution in [2.45, 2.75) is 37.5 Å². The highest BCUT2D eigenvalue weighted by atomic mass is 32.2. The molecular weight excluding hydrogens is 454 g/mol. The van der Waals surface area contributed by atoms with Crippen LogP contribution in [-0.2, 0) is 10.0 Å². The summed E-state index contributed by atoms with van der Waals surface area (Å²) in [5.41, 5.74) is 0.870. The van der Waals surface area contributed by atoms with E-state index in [4.69, 9.17) is 9.47 Å². The van der Waals surface area contributed by atoms with Gasteiger partial charge in [-0.1, -0.05) is 6.92 Å². The Balaban J connectivity index is 1.24. The lowest BCUT2D eigenvalue weighted by molar-refractivity contribution is 0.0952. The van der Waals surface area contributed by atoms with E-state index in [0.29, 0.717) is 42.5 Å². The quantitative estimate of drug-likeness (QED) is 0.526. The van der Waals surface area contributed by atoms with E-state index in [1.54, 1.807) is 30.3 Å². The molecule has 1 unspecified atom stereocenters. The van der Waals surface area contributed by atoms with Crippen LogP contribution < -0.4 is 19.5 Å². The minimum atomic E-state index is -3.80. The van der Waals surface area contributed by atoms with Crippen molar-refractivity contribution in [1.82, 2.24) is 10.2 Å². The largest absolute Gasteiger partial charge is 0.486 e. The Morgan fingerprint density at radius 1 is 1.06 bits per heavy atom. The maximum absolute atomic E-state index is 12.8. The average Bonchev–Trinajstić information content (AvgIpc) is 2.83. The number of nitrogens with zero attached hydrogens (tertiary/aromatic N) is 1. The fourth-order valence-electron chi connectivity index (χ4n) is 4.35. The van der Waals surface area contributed by atoms with E-state index in [9.17, 15) is 13.2 Å². The summed E-state index contributed by atoms with van der Waals surface area (Å²) < 4.78 is 39.0. The van der Waals surface area contributed by atoms with Crippen LogP contribution in [0, 0.1) is 5.92 Å². The minimum absolute atomic E-state index is 0.0811. The topological polar surface area (TPSA) is 97.0 Å². The van der Waals surface area contributed by atoms with Gasteiger partial charge in [0.15, 0.2) is 11.5 Å². The molecule has 0 spiro atoms. The number of fused-ring (bicyclic) bond motifs is 1. The van der Waals surface area contributed by atoms with E-state index in [1.165, 1.54) is 38.1 Å². The van der Waals surface area contributed by atoms with Crippen molar-refractivity contribution in [3.05, 3.63) is 48.0 Å². The SMILES string of the molecule is CC1CCCN(CCCCNC(=O)c2ccc(NS(=O)(=O)c3ccc4c(c3)OCCO4)cc2)C1. The highest BCUT2D eigenvalue weighted by Crippen LogP contribution is 2.32. The van der Waals surface area contributed by atoms with E-state index in [0.717, 1.165) is 25.3 Å². The zero-order valence-electron chi connectivity index (χ0n) is 19.6. The number of carbonyl (C=O) groups is 1. The van der Waals surface area contributed by atoms with Gasteiger partial charge in [0.25, 0.3) is 15.9 Å². The fourth-order valence-corrected chi connectivity index (χ4v) is 5.42. The number of likely N-dealkylation sites (tertiary alicyclic amines) is 1. The van der Waals surface area contributed by atoms with Gasteiger partial charge >= 0.3 is 0 Å². The van der Waals surface area contributed by atoms with Crippen LogP contribution in [0.4, 0.5) is 5.69 Å². The van der Waals surface area contributed by atoms with Gasteiger partial charge in [0.1, 0.15) is 13.2 Å². The summed E-state index contributed by atoms with van der Waals surface area (Å²) in [6, 6.07) is 10.9. The van der Waals surface area contributed by atoms with Crippen LogP contribution in [0.25, 0.3) is 0 Å². The highest BCUT2D eigenvalue weighted by molar-refractivity contribution is 7.92. The first-order valence-corrected chi connectivity index (χ1v) is 13.4. The molecule has 2 N–H and O–H groups in total. The van der Waals surface area contributed by atoms with Crippen LogP contribution in [0.2, 0.25) is 0 Å². The van der Waals surface area contributed by atoms with Crippen molar-refractivity contribution in [3.8, 4) is 11.5 Å². The lowest BCUT2D eigenvalue weighted by Crippen LogP contribution is -2.35. The number of hydrogen-bond acceptors (Lipinski definition) is 6. The van der Waals surface area contributed by atoms with Crippen molar-refractivity contribution >= 4 is 21.6 Å². The molecular formula is C25H33N3O5S. The Morgan fingerprint density at radius 3 is 2.59 bits per heavy atom. The van der Waals surface area contributed by atoms with Gasteiger partial charge in [0.05, 0.1) is 4.90 Å². The van der Waals surface area contributed by atoms with Crippen LogP contribution in [0.15, 0.2) is 47.4 Å². The molecule has 2 aliphatic rings. The number of sulfonamides is 1. The first-order valence-electron chi connectivity index (χ1n) is 11.9. The van der Waals surface area contributed by atoms with Gasteiger partial charge < -0.3 is 19.7 Å². The average molecular weight is 488 g/mol. The van der Waals surface area contributed by atoms with Gasteiger partial charge in [-0.2, -0.15) is 0 Å². The third kappa shape index (κ3) is 6.42. The predicted octanol–water partition coefficient (Wildman–Crippen LogP) is 3.50. The van der Waals surface area contributed by atoms with Crippen LogP contribution in [0.1, 0.15) is 43.0 Å². The number of unbranched alkanes of at least 4 members (excludes halogenated alkanes) is 1. The van der Waals surface area contributed by atoms with E-state index in [2.05, 4.69) is 21.9 Å². The van der Waals surface area contributed by atoms with Crippen molar-refractivity contribution < 1.29 is 22.7 Å². The number of benzene rings is 2. The number of anilines is 1. The lowest BCUT2D eigenvalue weighted by Gasteiger charge is -2.30. The number of ether oxygens (including phenoxy) is 2. The van der Waals surface area contributed by atoms with Crippen LogP contribution in [0.5, 0.6) is 11.5 Å². The van der Waals surface area contributed by atoms with Crippen molar-refractivity contribution in [2.24, 2.45) is 5.92 Å². The Hall–Kier alpha value is -2.78. The van der Waals surface area contributed by atoms with E-state index < -0.39 is 10.0 Å². The second-order valence-corrected chi connectivity index (χ2v) is 10.7. The summed E-state index contributed by atoms with van der Waals surface area (Å²) in [5.74, 6) is 1.56. The van der Waals surface area contributed by atoms with Crippen molar-refractivity contribution in [1.29, 1.82) is 0 Å². The number of rotatable bonds is 9. The summed E-state index contributed by atoms with van der Waals surface area (Å²) in [6.07, 6.45) is 4.60. The van der Waals surface area contributed by atoms with Crippen molar-refractivity contribution in [2.75, 3.05) is 44.1 Å². The van der Waals surface area contributed by atoms with Crippen LogP contribution >= 0.6 is 0 Å². The molecule has 34 heavy (non-hydrogen) atoms. The molecule has 2 aromatic rings. The van der Waals surface area contributed by atoms with Crippen molar-refractivity contribution in [3.63, 3.8) is 0 Å². The maximum Gasteiger partial charge on any atom is 0.262 e. The Labute approximate surface area is 201 Å². The molecule has 0 aliphatic carbocycles. The molecule has 9 heteroatoms. The zero-order valence-corrected chi connectivity index (χ0v) is 20.4. The second-order valence-electron chi connectivity index (χ2n) is 9.00. The van der Waals surface area contributed by atoms with Gasteiger partial charge in [-0.3, -0.25) is 9.52 Å². The van der Waals surface area contributed by atoms with Gasteiger partial charge in [0.2, 0.25) is 0 Å². The molecule has 0 aromatic heterocycles. The third-order valence-electron chi connectivity index (χ3n) is 6.15. The standard InChI is InChI=1S/C25H33N3O5S/c1-19-5-4-14-28(18-19)13-3-2-12-26-25(29)20-6-8-21(9-7-20)27-34(30,31)22-10-11-23-24(17-22)33-16-15-32-23/h6-11,17,19,27H,2-5,12-16,18H2,1H3,(H,26,29). The molecule has 8 nitrogen and oxygen atoms in total. The van der Waals surface area contributed by atoms with Crippen LogP contribution in [0.3, 0.4) is 0 Å². The molecule has 1 atom stereocenters. The molecule has 2 heterocycles. The molecule has 1 fully saturated rings. The third-order valence-corrected chi connectivity index (χ3v) is 7.53. The summed E-state index contributed by atoms with van der Waals surface area (Å²) in [4.78, 5) is 15.0. The summed E-state index contributed by atoms with van der Waals surface area (Å²) in [6.45, 7) is 7.19. The summed E-state index contributed by atoms with van der Waals surface area (Å²) >= 11 is 0. The lowest BCUT2D eigenvalue weighted by atomic mass is 10.0. The molecule has 4 rings (SSSR count). The number of nitrogens with one attached hydrogen (secondary N) is 2. The molecule has 1 amide bonds. The molecule has 184 valence electrons. The molecule has 0 bridgehead atoms. The zero-order chi connectivity index (χ0) is 24.0. The number of hydrogen-bond donors (Lipinski definition) is 2. The highest BCUT2D eigenvalue weighted by Gasteiger charge is 2.20. The normalized spacial score (nSPS) is 18.3. The monoisotopic (exact) mass is 487 g/mol. The molecule has 2 aliphatic heterocycles. The molecule has 2 aromatic carbocycles. The van der Waals surface area contributed by atoms with Crippen LogP contribution in [-0.4, -0.2) is 58.6 Å². The Bertz CT molecular complexity index is 1090. The summed E-state index contributed by atoms with van der Waals surface area (Å²) in [5, 5.41) is 2.95. The molecule has 0 radical (unpaired) electrons. The fraction of sp³-hybridized carbons (Fsp3) is 0.480. The Morgan fingerprint density at radius 2 is 1.82 bits per heavy atom. The van der Waals surface area contributed by atoms with Gasteiger partial charge in [-0.15, -0.1) is 0 Å². The van der Waals surface area contributed by atoms with Gasteiger partial charge in [-0.25, -0.2) is 8.42 Å². The maximum atomic E-state index is 12.8. The molecule has 1 saturated heterocycles.